The third-order valence-corrected chi connectivity index (χ3v) is 4.20. The zero-order valence-corrected chi connectivity index (χ0v) is 8.75. The van der Waals surface area contributed by atoms with Crippen LogP contribution in [0.3, 0.4) is 0 Å². The largest absolute Gasteiger partial charge is 0.299 e. The maximum absolute atomic E-state index is 12.0. The van der Waals surface area contributed by atoms with Gasteiger partial charge >= 0.3 is 0 Å². The minimum absolute atomic E-state index is 0.310. The molecule has 0 aromatic heterocycles. The van der Waals surface area contributed by atoms with Gasteiger partial charge in [0.1, 0.15) is 5.78 Å². The molecule has 2 saturated carbocycles. The van der Waals surface area contributed by atoms with Crippen LogP contribution in [0.2, 0.25) is 0 Å². The second kappa shape index (κ2) is 3.43. The van der Waals surface area contributed by atoms with Crippen LogP contribution in [0.4, 0.5) is 0 Å². The number of ketones is 1. The van der Waals surface area contributed by atoms with Crippen molar-refractivity contribution in [2.45, 2.75) is 46.0 Å². The molecule has 4 unspecified atom stereocenters. The van der Waals surface area contributed by atoms with Crippen LogP contribution in [-0.4, -0.2) is 5.78 Å². The van der Waals surface area contributed by atoms with Crippen molar-refractivity contribution < 1.29 is 4.79 Å². The molecule has 0 N–H and O–H groups in total. The van der Waals surface area contributed by atoms with E-state index >= 15 is 0 Å². The van der Waals surface area contributed by atoms with Crippen molar-refractivity contribution in [2.24, 2.45) is 23.7 Å². The predicted octanol–water partition coefficient (Wildman–Crippen LogP) is 3.04. The Bertz CT molecular complexity index is 209. The molecule has 0 spiro atoms. The Morgan fingerprint density at radius 2 is 2.15 bits per heavy atom. The summed E-state index contributed by atoms with van der Waals surface area (Å²) in [6.45, 7) is 4.21. The number of carbonyl (C=O) groups excluding carboxylic acids is 1. The van der Waals surface area contributed by atoms with E-state index in [2.05, 4.69) is 13.8 Å². The van der Waals surface area contributed by atoms with E-state index in [4.69, 9.17) is 0 Å². The Morgan fingerprint density at radius 3 is 2.62 bits per heavy atom. The fourth-order valence-electron chi connectivity index (χ4n) is 3.16. The molecule has 2 fully saturated rings. The van der Waals surface area contributed by atoms with Crippen LogP contribution in [0, 0.1) is 23.7 Å². The molecule has 0 amide bonds. The van der Waals surface area contributed by atoms with Crippen molar-refractivity contribution >= 4 is 5.78 Å². The van der Waals surface area contributed by atoms with Crippen LogP contribution in [0.5, 0.6) is 0 Å². The number of hydrogen-bond donors (Lipinski definition) is 0. The fraction of sp³-hybridized carbons (Fsp3) is 0.917. The molecule has 2 rings (SSSR count). The van der Waals surface area contributed by atoms with Gasteiger partial charge in [-0.1, -0.05) is 20.3 Å². The lowest BCUT2D eigenvalue weighted by Gasteiger charge is -2.22. The van der Waals surface area contributed by atoms with Crippen LogP contribution in [0.1, 0.15) is 46.0 Å². The molecule has 74 valence electrons. The first-order valence-electron chi connectivity index (χ1n) is 5.76. The number of hydrogen-bond acceptors (Lipinski definition) is 1. The molecule has 0 heterocycles. The summed E-state index contributed by atoms with van der Waals surface area (Å²) in [5.74, 6) is 3.00. The molecule has 4 atom stereocenters. The highest BCUT2D eigenvalue weighted by atomic mass is 16.1. The van der Waals surface area contributed by atoms with Crippen LogP contribution in [0.15, 0.2) is 0 Å². The zero-order valence-electron chi connectivity index (χ0n) is 8.75. The molecule has 2 aliphatic carbocycles. The zero-order chi connectivity index (χ0) is 9.42. The van der Waals surface area contributed by atoms with Crippen molar-refractivity contribution in [3.8, 4) is 0 Å². The first-order chi connectivity index (χ1) is 6.22. The van der Waals surface area contributed by atoms with Gasteiger partial charge in [0, 0.05) is 11.8 Å². The highest BCUT2D eigenvalue weighted by molar-refractivity contribution is 5.83. The summed E-state index contributed by atoms with van der Waals surface area (Å²) in [5.41, 5.74) is 0. The van der Waals surface area contributed by atoms with Gasteiger partial charge in [-0.05, 0) is 37.5 Å². The summed E-state index contributed by atoms with van der Waals surface area (Å²) < 4.78 is 0. The Morgan fingerprint density at radius 1 is 1.38 bits per heavy atom. The smallest absolute Gasteiger partial charge is 0.139 e. The predicted molar refractivity (Wildman–Crippen MR) is 53.4 cm³/mol. The molecule has 0 saturated heterocycles. The molecule has 1 heteroatoms. The van der Waals surface area contributed by atoms with Crippen molar-refractivity contribution in [3.63, 3.8) is 0 Å². The summed E-state index contributed by atoms with van der Waals surface area (Å²) in [7, 11) is 0. The monoisotopic (exact) mass is 180 g/mol. The normalized spacial score (nSPS) is 39.4. The van der Waals surface area contributed by atoms with E-state index in [0.29, 0.717) is 17.6 Å². The molecule has 1 nitrogen and oxygen atoms in total. The topological polar surface area (TPSA) is 17.1 Å². The first-order valence-corrected chi connectivity index (χ1v) is 5.76. The highest BCUT2D eigenvalue weighted by Crippen LogP contribution is 2.49. The standard InChI is InChI=1S/C12H20O/c1-3-8(2)12(13)11-7-9-4-5-10(11)6-9/h8-11H,3-7H2,1-2H3. The van der Waals surface area contributed by atoms with Crippen LogP contribution in [-0.2, 0) is 4.79 Å². The van der Waals surface area contributed by atoms with E-state index in [-0.39, 0.29) is 0 Å². The van der Waals surface area contributed by atoms with Gasteiger partial charge in [0.15, 0.2) is 0 Å². The number of rotatable bonds is 3. The fourth-order valence-corrected chi connectivity index (χ4v) is 3.16. The van der Waals surface area contributed by atoms with E-state index in [1.807, 2.05) is 0 Å². The van der Waals surface area contributed by atoms with Crippen molar-refractivity contribution in [3.05, 3.63) is 0 Å². The van der Waals surface area contributed by atoms with Gasteiger partial charge in [-0.2, -0.15) is 0 Å². The molecule has 0 aromatic carbocycles. The third-order valence-electron chi connectivity index (χ3n) is 4.20. The summed E-state index contributed by atoms with van der Waals surface area (Å²) in [5, 5.41) is 0. The molecular formula is C12H20O. The molecule has 0 aromatic rings. The van der Waals surface area contributed by atoms with Gasteiger partial charge in [-0.3, -0.25) is 4.79 Å². The van der Waals surface area contributed by atoms with Gasteiger partial charge < -0.3 is 0 Å². The van der Waals surface area contributed by atoms with E-state index in [1.54, 1.807) is 0 Å². The number of carbonyl (C=O) groups is 1. The molecular weight excluding hydrogens is 160 g/mol. The molecule has 2 aliphatic rings. The van der Waals surface area contributed by atoms with Crippen molar-refractivity contribution in [1.82, 2.24) is 0 Å². The first kappa shape index (κ1) is 9.23. The number of fused-ring (bicyclic) bond motifs is 2. The highest BCUT2D eigenvalue weighted by Gasteiger charge is 2.43. The molecule has 2 bridgehead atoms. The second-order valence-corrected chi connectivity index (χ2v) is 4.99. The van der Waals surface area contributed by atoms with Gasteiger partial charge in [0.25, 0.3) is 0 Å². The Labute approximate surface area is 80.9 Å². The van der Waals surface area contributed by atoms with Gasteiger partial charge in [-0.15, -0.1) is 0 Å². The van der Waals surface area contributed by atoms with E-state index in [0.717, 1.165) is 18.3 Å². The van der Waals surface area contributed by atoms with Gasteiger partial charge in [-0.25, -0.2) is 0 Å². The second-order valence-electron chi connectivity index (χ2n) is 4.99. The molecule has 13 heavy (non-hydrogen) atoms. The lowest BCUT2D eigenvalue weighted by atomic mass is 9.81. The Hall–Kier alpha value is -0.330. The summed E-state index contributed by atoms with van der Waals surface area (Å²) in [4.78, 5) is 12.0. The maximum atomic E-state index is 12.0. The Kier molecular flexibility index (Phi) is 2.44. The number of Topliss-reactive ketones (excluding diaryl/α,β-unsaturated/α-hetero) is 1. The van der Waals surface area contributed by atoms with Gasteiger partial charge in [0.2, 0.25) is 0 Å². The van der Waals surface area contributed by atoms with Gasteiger partial charge in [0.05, 0.1) is 0 Å². The average Bonchev–Trinajstić information content (AvgIpc) is 2.76. The van der Waals surface area contributed by atoms with E-state index in [9.17, 15) is 4.79 Å². The Balaban J connectivity index is 1.98. The SMILES string of the molecule is CCC(C)C(=O)C1CC2CCC1C2. The minimum atomic E-state index is 0.310. The summed E-state index contributed by atoms with van der Waals surface area (Å²) in [6.07, 6.45) is 6.32. The summed E-state index contributed by atoms with van der Waals surface area (Å²) in [6, 6.07) is 0. The van der Waals surface area contributed by atoms with E-state index in [1.165, 1.54) is 25.7 Å². The van der Waals surface area contributed by atoms with Crippen LogP contribution < -0.4 is 0 Å². The molecule has 0 radical (unpaired) electrons. The average molecular weight is 180 g/mol. The van der Waals surface area contributed by atoms with Crippen molar-refractivity contribution in [1.29, 1.82) is 0 Å². The quantitative estimate of drug-likeness (QED) is 0.652. The lowest BCUT2D eigenvalue weighted by molar-refractivity contribution is -0.127. The van der Waals surface area contributed by atoms with Crippen LogP contribution in [0.25, 0.3) is 0 Å². The lowest BCUT2D eigenvalue weighted by Crippen LogP contribution is -2.25. The van der Waals surface area contributed by atoms with Crippen LogP contribution >= 0.6 is 0 Å². The van der Waals surface area contributed by atoms with E-state index < -0.39 is 0 Å². The summed E-state index contributed by atoms with van der Waals surface area (Å²) >= 11 is 0. The van der Waals surface area contributed by atoms with Crippen molar-refractivity contribution in [2.75, 3.05) is 0 Å². The maximum Gasteiger partial charge on any atom is 0.139 e. The third kappa shape index (κ3) is 1.53. The minimum Gasteiger partial charge on any atom is -0.299 e. The molecule has 0 aliphatic heterocycles.